The van der Waals surface area contributed by atoms with Crippen molar-refractivity contribution in [3.05, 3.63) is 46.7 Å². The zero-order valence-electron chi connectivity index (χ0n) is 15.8. The van der Waals surface area contributed by atoms with Gasteiger partial charge in [-0.1, -0.05) is 35.7 Å². The molecular formula is C19H20N3O3PS2. The van der Waals surface area contributed by atoms with E-state index in [-0.39, 0.29) is 13.2 Å². The highest BCUT2D eigenvalue weighted by Gasteiger charge is 2.29. The van der Waals surface area contributed by atoms with Gasteiger partial charge in [0.15, 0.2) is 4.96 Å². The van der Waals surface area contributed by atoms with Gasteiger partial charge in [-0.05, 0) is 45.0 Å². The number of fused-ring (bicyclic) bond motifs is 3. The van der Waals surface area contributed by atoms with Gasteiger partial charge in [0.05, 0.1) is 40.1 Å². The molecule has 0 fully saturated rings. The van der Waals surface area contributed by atoms with Crippen LogP contribution in [0.1, 0.15) is 19.5 Å². The average molecular weight is 433 g/mol. The molecule has 9 heteroatoms. The van der Waals surface area contributed by atoms with Crippen LogP contribution in [-0.4, -0.2) is 27.6 Å². The standard InChI is InChI=1S/C19H20N3O3PS2/c1-4-24-26(23,25-5-2)16-11-10-14(20-18(16)27)17-12(3)22-15-9-7-6-8-13(15)21-19(22)28-17/h6-11H,4-5H2,1-3H3,(H,20,27). The average Bonchev–Trinajstić information content (AvgIpc) is 3.18. The van der Waals surface area contributed by atoms with Gasteiger partial charge in [0.25, 0.3) is 0 Å². The van der Waals surface area contributed by atoms with Gasteiger partial charge in [0.2, 0.25) is 0 Å². The molecule has 0 bridgehead atoms. The number of rotatable bonds is 6. The Kier molecular flexibility index (Phi) is 5.24. The van der Waals surface area contributed by atoms with Crippen molar-refractivity contribution in [1.29, 1.82) is 0 Å². The van der Waals surface area contributed by atoms with E-state index in [2.05, 4.69) is 22.4 Å². The second-order valence-corrected chi connectivity index (χ2v) is 9.53. The topological polar surface area (TPSA) is 68.6 Å². The normalized spacial score (nSPS) is 12.2. The fourth-order valence-electron chi connectivity index (χ4n) is 3.24. The molecule has 0 aliphatic rings. The molecule has 6 nitrogen and oxygen atoms in total. The maximum absolute atomic E-state index is 13.1. The van der Waals surface area contributed by atoms with Crippen molar-refractivity contribution < 1.29 is 13.6 Å². The molecule has 0 saturated heterocycles. The Morgan fingerprint density at radius 1 is 1.18 bits per heavy atom. The Hall–Kier alpha value is -1.83. The summed E-state index contributed by atoms with van der Waals surface area (Å²) in [7, 11) is -3.43. The van der Waals surface area contributed by atoms with Gasteiger partial charge in [-0.25, -0.2) is 4.98 Å². The SMILES string of the molecule is CCOP(=O)(OCC)c1ccc(-c2sc3nc4ccccc4n3c2C)[nH]c1=S. The summed E-state index contributed by atoms with van der Waals surface area (Å²) < 4.78 is 26.4. The van der Waals surface area contributed by atoms with E-state index in [0.29, 0.717) is 9.95 Å². The maximum atomic E-state index is 13.1. The highest BCUT2D eigenvalue weighted by molar-refractivity contribution is 7.73. The second kappa shape index (κ2) is 7.54. The first-order chi connectivity index (χ1) is 13.5. The van der Waals surface area contributed by atoms with E-state index in [1.54, 1.807) is 31.3 Å². The minimum absolute atomic E-state index is 0.280. The molecular weight excluding hydrogens is 413 g/mol. The van der Waals surface area contributed by atoms with Crippen molar-refractivity contribution >= 4 is 52.4 Å². The van der Waals surface area contributed by atoms with Gasteiger partial charge in [0.1, 0.15) is 4.64 Å². The zero-order valence-corrected chi connectivity index (χ0v) is 18.3. The number of nitrogens with one attached hydrogen (secondary N) is 1. The van der Waals surface area contributed by atoms with Gasteiger partial charge < -0.3 is 14.0 Å². The first-order valence-electron chi connectivity index (χ1n) is 8.98. The number of pyridine rings is 1. The number of benzene rings is 1. The Morgan fingerprint density at radius 2 is 1.89 bits per heavy atom. The van der Waals surface area contributed by atoms with Gasteiger partial charge in [-0.15, -0.1) is 0 Å². The van der Waals surface area contributed by atoms with Crippen LogP contribution in [0.4, 0.5) is 0 Å². The fourth-order valence-corrected chi connectivity index (χ4v) is 6.47. The minimum atomic E-state index is -3.43. The maximum Gasteiger partial charge on any atom is 0.364 e. The third-order valence-corrected chi connectivity index (χ3v) is 8.22. The molecule has 4 aromatic rings. The predicted molar refractivity (Wildman–Crippen MR) is 116 cm³/mol. The monoisotopic (exact) mass is 433 g/mol. The number of aryl methyl sites for hydroxylation is 1. The summed E-state index contributed by atoms with van der Waals surface area (Å²) in [5, 5.41) is 0.388. The molecule has 146 valence electrons. The van der Waals surface area contributed by atoms with Crippen LogP contribution in [0.15, 0.2) is 36.4 Å². The molecule has 1 N–H and O–H groups in total. The van der Waals surface area contributed by atoms with Crippen molar-refractivity contribution in [2.75, 3.05) is 13.2 Å². The van der Waals surface area contributed by atoms with Crippen LogP contribution < -0.4 is 5.30 Å². The summed E-state index contributed by atoms with van der Waals surface area (Å²) in [4.78, 5) is 9.87. The lowest BCUT2D eigenvalue weighted by atomic mass is 10.2. The highest BCUT2D eigenvalue weighted by atomic mass is 32.1. The van der Waals surface area contributed by atoms with E-state index in [1.807, 2.05) is 24.3 Å². The summed E-state index contributed by atoms with van der Waals surface area (Å²) in [6.07, 6.45) is 0. The molecule has 0 aliphatic carbocycles. The van der Waals surface area contributed by atoms with Crippen LogP contribution in [0.25, 0.3) is 26.6 Å². The molecule has 0 aliphatic heterocycles. The summed E-state index contributed by atoms with van der Waals surface area (Å²) >= 11 is 7.08. The summed E-state index contributed by atoms with van der Waals surface area (Å²) in [5.74, 6) is 0. The summed E-state index contributed by atoms with van der Waals surface area (Å²) in [6, 6.07) is 11.7. The number of aromatic nitrogens is 3. The quantitative estimate of drug-likeness (QED) is 0.322. The fraction of sp³-hybridized carbons (Fsp3) is 0.263. The van der Waals surface area contributed by atoms with Crippen LogP contribution >= 0.6 is 31.2 Å². The third kappa shape index (κ3) is 3.15. The van der Waals surface area contributed by atoms with Crippen molar-refractivity contribution in [2.45, 2.75) is 20.8 Å². The molecule has 3 aromatic heterocycles. The van der Waals surface area contributed by atoms with E-state index in [0.717, 1.165) is 32.3 Å². The number of imidazole rings is 1. The molecule has 0 atom stereocenters. The van der Waals surface area contributed by atoms with Crippen molar-refractivity contribution in [3.8, 4) is 10.6 Å². The number of H-pyrrole nitrogens is 1. The Bertz CT molecular complexity index is 1260. The van der Waals surface area contributed by atoms with Crippen LogP contribution in [-0.2, 0) is 13.6 Å². The van der Waals surface area contributed by atoms with E-state index < -0.39 is 7.60 Å². The Labute approximate surface area is 171 Å². The Balaban J connectivity index is 1.82. The van der Waals surface area contributed by atoms with Crippen LogP contribution in [0.2, 0.25) is 0 Å². The molecule has 0 spiro atoms. The van der Waals surface area contributed by atoms with Crippen molar-refractivity contribution in [1.82, 2.24) is 14.4 Å². The van der Waals surface area contributed by atoms with Crippen LogP contribution in [0, 0.1) is 11.6 Å². The van der Waals surface area contributed by atoms with Gasteiger partial charge in [0, 0.05) is 5.69 Å². The van der Waals surface area contributed by atoms with Crippen LogP contribution in [0.5, 0.6) is 0 Å². The van der Waals surface area contributed by atoms with E-state index >= 15 is 0 Å². The number of hydrogen-bond donors (Lipinski definition) is 1. The lowest BCUT2D eigenvalue weighted by Gasteiger charge is -2.17. The lowest BCUT2D eigenvalue weighted by molar-refractivity contribution is 0.230. The van der Waals surface area contributed by atoms with Gasteiger partial charge in [-0.3, -0.25) is 8.97 Å². The predicted octanol–water partition coefficient (Wildman–Crippen LogP) is 5.47. The molecule has 3 heterocycles. The third-order valence-electron chi connectivity index (χ3n) is 4.41. The summed E-state index contributed by atoms with van der Waals surface area (Å²) in [6.45, 7) is 6.18. The molecule has 0 radical (unpaired) electrons. The number of para-hydroxylation sites is 2. The number of thiazole rings is 1. The molecule has 1 aromatic carbocycles. The molecule has 0 unspecified atom stereocenters. The van der Waals surface area contributed by atoms with E-state index in [1.165, 1.54) is 0 Å². The summed E-state index contributed by atoms with van der Waals surface area (Å²) in [5.41, 5.74) is 3.97. The first kappa shape index (κ1) is 19.5. The second-order valence-electron chi connectivity index (χ2n) is 6.15. The van der Waals surface area contributed by atoms with Crippen LogP contribution in [0.3, 0.4) is 0 Å². The van der Waals surface area contributed by atoms with Gasteiger partial charge >= 0.3 is 7.60 Å². The van der Waals surface area contributed by atoms with Gasteiger partial charge in [-0.2, -0.15) is 0 Å². The smallest absolute Gasteiger partial charge is 0.345 e. The number of aromatic amines is 1. The molecule has 28 heavy (non-hydrogen) atoms. The zero-order chi connectivity index (χ0) is 19.9. The lowest BCUT2D eigenvalue weighted by Crippen LogP contribution is -2.13. The van der Waals surface area contributed by atoms with Crippen molar-refractivity contribution in [3.63, 3.8) is 0 Å². The minimum Gasteiger partial charge on any atom is -0.345 e. The Morgan fingerprint density at radius 3 is 2.57 bits per heavy atom. The number of nitrogens with zero attached hydrogens (tertiary/aromatic N) is 2. The van der Waals surface area contributed by atoms with E-state index in [9.17, 15) is 4.57 Å². The molecule has 4 rings (SSSR count). The molecule has 0 amide bonds. The van der Waals surface area contributed by atoms with E-state index in [4.69, 9.17) is 26.2 Å². The first-order valence-corrected chi connectivity index (χ1v) is 11.7. The number of hydrogen-bond acceptors (Lipinski definition) is 6. The van der Waals surface area contributed by atoms with Crippen molar-refractivity contribution in [2.24, 2.45) is 0 Å². The largest absolute Gasteiger partial charge is 0.364 e. The molecule has 0 saturated carbocycles. The highest BCUT2D eigenvalue weighted by Crippen LogP contribution is 2.47.